The van der Waals surface area contributed by atoms with Gasteiger partial charge in [0.25, 0.3) is 0 Å². The molecule has 1 aromatic carbocycles. The summed E-state index contributed by atoms with van der Waals surface area (Å²) in [4.78, 5) is 8.55. The number of rotatable bonds is 4. The van der Waals surface area contributed by atoms with Gasteiger partial charge in [0.2, 0.25) is 0 Å². The van der Waals surface area contributed by atoms with Crippen LogP contribution in [0, 0.1) is 20.8 Å². The minimum absolute atomic E-state index is 0.00973. The van der Waals surface area contributed by atoms with E-state index in [0.717, 1.165) is 16.5 Å². The van der Waals surface area contributed by atoms with Crippen molar-refractivity contribution in [3.8, 4) is 0 Å². The van der Waals surface area contributed by atoms with Gasteiger partial charge in [0.15, 0.2) is 5.16 Å². The molecule has 0 amide bonds. The predicted molar refractivity (Wildman–Crippen MR) is 80.3 cm³/mol. The Hall–Kier alpha value is -1.39. The minimum atomic E-state index is 0.00973. The highest BCUT2D eigenvalue weighted by Gasteiger charge is 2.10. The zero-order chi connectivity index (χ0) is 13.8. The quantitative estimate of drug-likeness (QED) is 0.686. The van der Waals surface area contributed by atoms with Gasteiger partial charge in [-0.2, -0.15) is 0 Å². The number of hydrogen-bond donors (Lipinski definition) is 1. The summed E-state index contributed by atoms with van der Waals surface area (Å²) in [5.41, 5.74) is 11.0. The Kier molecular flexibility index (Phi) is 4.56. The second-order valence-corrected chi connectivity index (χ2v) is 5.81. The summed E-state index contributed by atoms with van der Waals surface area (Å²) in [7, 11) is 0. The van der Waals surface area contributed by atoms with Gasteiger partial charge in [-0.3, -0.25) is 0 Å². The lowest BCUT2D eigenvalue weighted by Crippen LogP contribution is -2.14. The maximum absolute atomic E-state index is 6.25. The topological polar surface area (TPSA) is 51.8 Å². The van der Waals surface area contributed by atoms with E-state index in [2.05, 4.69) is 42.0 Å². The van der Waals surface area contributed by atoms with Crippen LogP contribution >= 0.6 is 11.8 Å². The van der Waals surface area contributed by atoms with E-state index in [4.69, 9.17) is 5.73 Å². The van der Waals surface area contributed by atoms with Gasteiger partial charge in [0.1, 0.15) is 0 Å². The van der Waals surface area contributed by atoms with E-state index in [1.54, 1.807) is 11.8 Å². The van der Waals surface area contributed by atoms with Crippen molar-refractivity contribution in [3.05, 3.63) is 52.8 Å². The first-order valence-corrected chi connectivity index (χ1v) is 7.29. The van der Waals surface area contributed by atoms with E-state index in [1.807, 2.05) is 19.3 Å². The molecular formula is C15H19N3S. The maximum Gasteiger partial charge on any atom is 0.187 e. The molecule has 0 fully saturated rings. The zero-order valence-electron chi connectivity index (χ0n) is 11.6. The molecule has 19 heavy (non-hydrogen) atoms. The molecule has 2 rings (SSSR count). The van der Waals surface area contributed by atoms with Gasteiger partial charge in [0.05, 0.1) is 0 Å². The number of benzene rings is 1. The first kappa shape index (κ1) is 14.0. The number of nitrogens with zero attached hydrogens (tertiary/aromatic N) is 2. The van der Waals surface area contributed by atoms with Crippen LogP contribution in [0.3, 0.4) is 0 Å². The lowest BCUT2D eigenvalue weighted by molar-refractivity contribution is 0.817. The molecule has 4 heteroatoms. The molecule has 3 nitrogen and oxygen atoms in total. The number of thioether (sulfide) groups is 1. The van der Waals surface area contributed by atoms with E-state index in [0.29, 0.717) is 0 Å². The first-order chi connectivity index (χ1) is 9.06. The van der Waals surface area contributed by atoms with Crippen LogP contribution < -0.4 is 5.73 Å². The largest absolute Gasteiger partial charge is 0.323 e. The molecule has 1 unspecified atom stereocenters. The van der Waals surface area contributed by atoms with E-state index < -0.39 is 0 Å². The summed E-state index contributed by atoms with van der Waals surface area (Å²) in [6.45, 7) is 6.18. The van der Waals surface area contributed by atoms with Gasteiger partial charge in [0, 0.05) is 24.2 Å². The van der Waals surface area contributed by atoms with Crippen LogP contribution in [0.4, 0.5) is 0 Å². The third-order valence-electron chi connectivity index (χ3n) is 2.97. The molecule has 0 aliphatic carbocycles. The van der Waals surface area contributed by atoms with Crippen molar-refractivity contribution in [3.63, 3.8) is 0 Å². The van der Waals surface area contributed by atoms with E-state index in [9.17, 15) is 0 Å². The van der Waals surface area contributed by atoms with Crippen molar-refractivity contribution >= 4 is 11.8 Å². The highest BCUT2D eigenvalue weighted by Crippen LogP contribution is 2.23. The van der Waals surface area contributed by atoms with Crippen LogP contribution in [-0.4, -0.2) is 15.7 Å². The van der Waals surface area contributed by atoms with Crippen molar-refractivity contribution < 1.29 is 0 Å². The Morgan fingerprint density at radius 3 is 2.42 bits per heavy atom. The van der Waals surface area contributed by atoms with Gasteiger partial charge in [-0.25, -0.2) is 9.97 Å². The molecule has 2 N–H and O–H groups in total. The van der Waals surface area contributed by atoms with Crippen LogP contribution in [0.5, 0.6) is 0 Å². The second kappa shape index (κ2) is 6.17. The molecule has 1 atom stereocenters. The Morgan fingerprint density at radius 1 is 1.11 bits per heavy atom. The average molecular weight is 273 g/mol. The standard InChI is InChI=1S/C15H19N3S/c1-10-4-5-13(12(3)6-10)14(16)9-19-15-17-7-11(2)8-18-15/h4-8,14H,9,16H2,1-3H3. The van der Waals surface area contributed by atoms with Crippen LogP contribution in [0.1, 0.15) is 28.3 Å². The first-order valence-electron chi connectivity index (χ1n) is 6.30. The van der Waals surface area contributed by atoms with Crippen LogP contribution in [0.15, 0.2) is 35.7 Å². The monoisotopic (exact) mass is 273 g/mol. The molecule has 0 saturated heterocycles. The summed E-state index contributed by atoms with van der Waals surface area (Å²) >= 11 is 1.60. The van der Waals surface area contributed by atoms with Crippen molar-refractivity contribution in [1.82, 2.24) is 9.97 Å². The van der Waals surface area contributed by atoms with E-state index in [-0.39, 0.29) is 6.04 Å². The summed E-state index contributed by atoms with van der Waals surface area (Å²) in [5, 5.41) is 0.783. The van der Waals surface area contributed by atoms with Crippen LogP contribution in [0.2, 0.25) is 0 Å². The normalized spacial score (nSPS) is 12.4. The lowest BCUT2D eigenvalue weighted by atomic mass is 10.0. The minimum Gasteiger partial charge on any atom is -0.323 e. The van der Waals surface area contributed by atoms with Crippen LogP contribution in [0.25, 0.3) is 0 Å². The molecule has 1 heterocycles. The van der Waals surface area contributed by atoms with Gasteiger partial charge in [-0.1, -0.05) is 35.5 Å². The zero-order valence-corrected chi connectivity index (χ0v) is 12.4. The fourth-order valence-corrected chi connectivity index (χ4v) is 2.71. The van der Waals surface area contributed by atoms with Crippen molar-refractivity contribution in [2.75, 3.05) is 5.75 Å². The summed E-state index contributed by atoms with van der Waals surface area (Å²) < 4.78 is 0. The molecule has 2 aromatic rings. The summed E-state index contributed by atoms with van der Waals surface area (Å²) in [6, 6.07) is 6.40. The van der Waals surface area contributed by atoms with Crippen molar-refractivity contribution in [2.24, 2.45) is 5.73 Å². The molecular weight excluding hydrogens is 254 g/mol. The summed E-state index contributed by atoms with van der Waals surface area (Å²) in [5.74, 6) is 0.785. The molecule has 0 spiro atoms. The highest BCUT2D eigenvalue weighted by atomic mass is 32.2. The Morgan fingerprint density at radius 2 is 1.79 bits per heavy atom. The van der Waals surface area contributed by atoms with Crippen molar-refractivity contribution in [2.45, 2.75) is 32.0 Å². The number of aromatic nitrogens is 2. The van der Waals surface area contributed by atoms with Crippen molar-refractivity contribution in [1.29, 1.82) is 0 Å². The molecule has 100 valence electrons. The smallest absolute Gasteiger partial charge is 0.187 e. The van der Waals surface area contributed by atoms with Crippen LogP contribution in [-0.2, 0) is 0 Å². The SMILES string of the molecule is Cc1cnc(SCC(N)c2ccc(C)cc2C)nc1. The average Bonchev–Trinajstić information content (AvgIpc) is 2.37. The fourth-order valence-electron chi connectivity index (χ4n) is 1.95. The maximum atomic E-state index is 6.25. The van der Waals surface area contributed by atoms with Gasteiger partial charge < -0.3 is 5.73 Å². The lowest BCUT2D eigenvalue weighted by Gasteiger charge is -2.14. The van der Waals surface area contributed by atoms with E-state index >= 15 is 0 Å². The van der Waals surface area contributed by atoms with Gasteiger partial charge >= 0.3 is 0 Å². The number of nitrogens with two attached hydrogens (primary N) is 1. The molecule has 0 aliphatic rings. The highest BCUT2D eigenvalue weighted by molar-refractivity contribution is 7.99. The third-order valence-corrected chi connectivity index (χ3v) is 3.97. The van der Waals surface area contributed by atoms with Gasteiger partial charge in [-0.05, 0) is 37.5 Å². The number of aryl methyl sites for hydroxylation is 3. The fraction of sp³-hybridized carbons (Fsp3) is 0.333. The van der Waals surface area contributed by atoms with E-state index in [1.165, 1.54) is 16.7 Å². The molecule has 0 aliphatic heterocycles. The summed E-state index contributed by atoms with van der Waals surface area (Å²) in [6.07, 6.45) is 3.66. The number of hydrogen-bond acceptors (Lipinski definition) is 4. The molecule has 1 aromatic heterocycles. The molecule has 0 saturated carbocycles. The van der Waals surface area contributed by atoms with Gasteiger partial charge in [-0.15, -0.1) is 0 Å². The molecule has 0 bridgehead atoms. The Balaban J connectivity index is 2.01. The Bertz CT molecular complexity index is 552. The predicted octanol–water partition coefficient (Wildman–Crippen LogP) is 3.19. The second-order valence-electron chi connectivity index (χ2n) is 4.82. The third kappa shape index (κ3) is 3.78. The molecule has 0 radical (unpaired) electrons. The Labute approximate surface area is 118 Å².